The third kappa shape index (κ3) is 8.63. The van der Waals surface area contributed by atoms with E-state index in [1.165, 1.54) is 4.90 Å². The van der Waals surface area contributed by atoms with E-state index < -0.39 is 60.2 Å². The van der Waals surface area contributed by atoms with Crippen molar-refractivity contribution in [3.63, 3.8) is 0 Å². The van der Waals surface area contributed by atoms with Gasteiger partial charge in [-0.1, -0.05) is 6.42 Å². The average Bonchev–Trinajstić information content (AvgIpc) is 3.24. The van der Waals surface area contributed by atoms with Gasteiger partial charge in [-0.15, -0.1) is 0 Å². The van der Waals surface area contributed by atoms with Crippen molar-refractivity contribution >= 4 is 42.3 Å². The quantitative estimate of drug-likeness (QED) is 0.113. The molecule has 1 aliphatic heterocycles. The van der Waals surface area contributed by atoms with Gasteiger partial charge in [-0.2, -0.15) is 12.6 Å². The van der Waals surface area contributed by atoms with Crippen LogP contribution in [0.4, 0.5) is 0 Å². The first-order valence-corrected chi connectivity index (χ1v) is 11.2. The topological polar surface area (TPSA) is 205 Å². The summed E-state index contributed by atoms with van der Waals surface area (Å²) in [6.07, 6.45) is 1.88. The first kappa shape index (κ1) is 27.7. The van der Waals surface area contributed by atoms with Crippen LogP contribution in [0.1, 0.15) is 44.9 Å². The van der Waals surface area contributed by atoms with Crippen LogP contribution in [0.3, 0.4) is 0 Å². The van der Waals surface area contributed by atoms with Crippen molar-refractivity contribution in [3.05, 3.63) is 0 Å². The number of carboxylic acids is 2. The predicted octanol–water partition coefficient (Wildman–Crippen LogP) is -1.72. The zero-order valence-electron chi connectivity index (χ0n) is 17.9. The Morgan fingerprint density at radius 3 is 2.25 bits per heavy atom. The van der Waals surface area contributed by atoms with E-state index in [9.17, 15) is 29.1 Å². The highest BCUT2D eigenvalue weighted by atomic mass is 32.1. The number of hydrogen-bond acceptors (Lipinski definition) is 8. The molecule has 12 nitrogen and oxygen atoms in total. The SMILES string of the molecule is NCCCCC(N)C(=O)NC(CCC(=O)O)C(=O)NC(CS)C(=O)N1CCCC1C(=O)O. The maximum absolute atomic E-state index is 12.8. The predicted molar refractivity (Wildman–Crippen MR) is 118 cm³/mol. The van der Waals surface area contributed by atoms with Gasteiger partial charge in [0.2, 0.25) is 17.7 Å². The summed E-state index contributed by atoms with van der Waals surface area (Å²) in [4.78, 5) is 61.4. The molecule has 0 spiro atoms. The second-order valence-electron chi connectivity index (χ2n) is 7.66. The molecule has 0 saturated carbocycles. The number of amides is 3. The summed E-state index contributed by atoms with van der Waals surface area (Å²) in [5, 5.41) is 23.2. The first-order chi connectivity index (χ1) is 15.1. The molecule has 1 heterocycles. The smallest absolute Gasteiger partial charge is 0.326 e. The van der Waals surface area contributed by atoms with E-state index in [1.54, 1.807) is 0 Å². The summed E-state index contributed by atoms with van der Waals surface area (Å²) in [5.74, 6) is -4.38. The number of unbranched alkanes of at least 4 members (excludes halogenated alkanes) is 1. The molecule has 0 aromatic rings. The molecular formula is C19H33N5O7S. The van der Waals surface area contributed by atoms with Gasteiger partial charge in [-0.25, -0.2) is 4.79 Å². The second kappa shape index (κ2) is 13.9. The van der Waals surface area contributed by atoms with E-state index in [4.69, 9.17) is 16.6 Å². The monoisotopic (exact) mass is 475 g/mol. The van der Waals surface area contributed by atoms with E-state index in [-0.39, 0.29) is 18.7 Å². The van der Waals surface area contributed by atoms with Crippen molar-refractivity contribution in [2.75, 3.05) is 18.8 Å². The standard InChI is InChI=1S/C19H33N5O7S/c20-8-2-1-4-11(21)16(27)22-12(6-7-15(25)26)17(28)23-13(10-32)18(29)24-9-3-5-14(24)19(30)31/h11-14,32H,1-10,20-21H2,(H,22,27)(H,23,28)(H,25,26)(H,30,31). The van der Waals surface area contributed by atoms with Crippen LogP contribution in [0.25, 0.3) is 0 Å². The van der Waals surface area contributed by atoms with Gasteiger partial charge in [0.15, 0.2) is 0 Å². The van der Waals surface area contributed by atoms with Gasteiger partial charge in [0.05, 0.1) is 6.04 Å². The Kier molecular flexibility index (Phi) is 12.0. The number of nitrogens with zero attached hydrogens (tertiary/aromatic N) is 1. The minimum absolute atomic E-state index is 0.106. The van der Waals surface area contributed by atoms with Gasteiger partial charge in [0, 0.05) is 18.7 Å². The summed E-state index contributed by atoms with van der Waals surface area (Å²) in [5.41, 5.74) is 11.2. The van der Waals surface area contributed by atoms with Gasteiger partial charge in [-0.05, 0) is 38.6 Å². The van der Waals surface area contributed by atoms with Crippen LogP contribution in [-0.2, 0) is 24.0 Å². The van der Waals surface area contributed by atoms with Crippen LogP contribution < -0.4 is 22.1 Å². The van der Waals surface area contributed by atoms with Crippen molar-refractivity contribution in [2.45, 2.75) is 69.1 Å². The number of thiol groups is 1. The summed E-state index contributed by atoms with van der Waals surface area (Å²) < 4.78 is 0. The summed E-state index contributed by atoms with van der Waals surface area (Å²) in [7, 11) is 0. The number of hydrogen-bond donors (Lipinski definition) is 7. The highest BCUT2D eigenvalue weighted by Gasteiger charge is 2.38. The van der Waals surface area contributed by atoms with E-state index in [0.29, 0.717) is 38.6 Å². The first-order valence-electron chi connectivity index (χ1n) is 10.5. The summed E-state index contributed by atoms with van der Waals surface area (Å²) in [6, 6.07) is -4.24. The number of aliphatic carboxylic acids is 2. The third-order valence-electron chi connectivity index (χ3n) is 5.20. The van der Waals surface area contributed by atoms with Crippen LogP contribution in [0, 0.1) is 0 Å². The molecule has 182 valence electrons. The molecule has 1 rings (SSSR count). The van der Waals surface area contributed by atoms with E-state index in [1.807, 2.05) is 0 Å². The zero-order chi connectivity index (χ0) is 24.3. The lowest BCUT2D eigenvalue weighted by Gasteiger charge is -2.28. The number of carboxylic acid groups (broad SMARTS) is 2. The Morgan fingerprint density at radius 2 is 1.69 bits per heavy atom. The molecule has 1 aliphatic rings. The molecule has 0 aromatic heterocycles. The van der Waals surface area contributed by atoms with Crippen molar-refractivity contribution in [1.82, 2.24) is 15.5 Å². The number of likely N-dealkylation sites (tertiary alicyclic amines) is 1. The number of rotatable bonds is 14. The number of carbonyl (C=O) groups excluding carboxylic acids is 3. The minimum atomic E-state index is -1.23. The lowest BCUT2D eigenvalue weighted by molar-refractivity contribution is -0.149. The molecule has 13 heteroatoms. The van der Waals surface area contributed by atoms with Gasteiger partial charge in [-0.3, -0.25) is 19.2 Å². The summed E-state index contributed by atoms with van der Waals surface area (Å²) in [6.45, 7) is 0.698. The maximum atomic E-state index is 12.8. The van der Waals surface area contributed by atoms with Crippen molar-refractivity contribution < 1.29 is 34.2 Å². The highest BCUT2D eigenvalue weighted by molar-refractivity contribution is 7.80. The van der Waals surface area contributed by atoms with Crippen molar-refractivity contribution in [3.8, 4) is 0 Å². The lowest BCUT2D eigenvalue weighted by Crippen LogP contribution is -2.57. The molecule has 1 saturated heterocycles. The van der Waals surface area contributed by atoms with Crippen LogP contribution in [0.5, 0.6) is 0 Å². The molecule has 4 atom stereocenters. The van der Waals surface area contributed by atoms with Crippen LogP contribution in [0.2, 0.25) is 0 Å². The molecule has 1 fully saturated rings. The number of nitrogens with two attached hydrogens (primary N) is 2. The molecular weight excluding hydrogens is 442 g/mol. The largest absolute Gasteiger partial charge is 0.481 e. The molecule has 0 bridgehead atoms. The van der Waals surface area contributed by atoms with Crippen LogP contribution in [0.15, 0.2) is 0 Å². The highest BCUT2D eigenvalue weighted by Crippen LogP contribution is 2.19. The number of nitrogens with one attached hydrogen (secondary N) is 2. The number of carbonyl (C=O) groups is 5. The normalized spacial score (nSPS) is 18.5. The fraction of sp³-hybridized carbons (Fsp3) is 0.737. The van der Waals surface area contributed by atoms with E-state index in [0.717, 1.165) is 0 Å². The Bertz CT molecular complexity index is 693. The minimum Gasteiger partial charge on any atom is -0.481 e. The van der Waals surface area contributed by atoms with Crippen LogP contribution in [-0.4, -0.2) is 87.8 Å². The Labute approximate surface area is 191 Å². The van der Waals surface area contributed by atoms with Gasteiger partial charge < -0.3 is 37.2 Å². The summed E-state index contributed by atoms with van der Waals surface area (Å²) >= 11 is 4.09. The van der Waals surface area contributed by atoms with Crippen LogP contribution >= 0.6 is 12.6 Å². The fourth-order valence-electron chi connectivity index (χ4n) is 3.40. The van der Waals surface area contributed by atoms with Crippen molar-refractivity contribution in [1.29, 1.82) is 0 Å². The molecule has 0 radical (unpaired) electrons. The molecule has 8 N–H and O–H groups in total. The van der Waals surface area contributed by atoms with Crippen molar-refractivity contribution in [2.24, 2.45) is 11.5 Å². The van der Waals surface area contributed by atoms with Gasteiger partial charge in [0.1, 0.15) is 18.1 Å². The molecule has 0 aromatic carbocycles. The molecule has 0 aliphatic carbocycles. The molecule has 4 unspecified atom stereocenters. The van der Waals surface area contributed by atoms with Gasteiger partial charge >= 0.3 is 11.9 Å². The Morgan fingerprint density at radius 1 is 1.03 bits per heavy atom. The van der Waals surface area contributed by atoms with E-state index in [2.05, 4.69) is 23.3 Å². The zero-order valence-corrected chi connectivity index (χ0v) is 18.8. The maximum Gasteiger partial charge on any atom is 0.326 e. The van der Waals surface area contributed by atoms with Gasteiger partial charge in [0.25, 0.3) is 0 Å². The lowest BCUT2D eigenvalue weighted by atomic mass is 10.1. The average molecular weight is 476 g/mol. The fourth-order valence-corrected chi connectivity index (χ4v) is 3.65. The third-order valence-corrected chi connectivity index (χ3v) is 5.57. The Hall–Kier alpha value is -2.38. The van der Waals surface area contributed by atoms with E-state index >= 15 is 0 Å². The molecule has 32 heavy (non-hydrogen) atoms. The second-order valence-corrected chi connectivity index (χ2v) is 8.02. The molecule has 3 amide bonds. The Balaban J connectivity index is 2.84.